The Hall–Kier alpha value is -1.00. The number of rotatable bonds is 0. The van der Waals surface area contributed by atoms with Crippen LogP contribution in [-0.4, -0.2) is 10.2 Å². The van der Waals surface area contributed by atoms with E-state index in [1.165, 1.54) is 0 Å². The molecule has 0 saturated heterocycles. The van der Waals surface area contributed by atoms with Crippen LogP contribution in [0.25, 0.3) is 0 Å². The lowest BCUT2D eigenvalue weighted by molar-refractivity contribution is -0.126. The third-order valence-electron chi connectivity index (χ3n) is 1.86. The van der Waals surface area contributed by atoms with Gasteiger partial charge in [-0.2, -0.15) is 0 Å². The number of allylic oxidation sites excluding steroid dienone is 4. The van der Waals surface area contributed by atoms with Gasteiger partial charge < -0.3 is 0 Å². The van der Waals surface area contributed by atoms with Crippen LogP contribution in [0.5, 0.6) is 0 Å². The molecule has 74 valence electrons. The molecule has 0 fully saturated rings. The Morgan fingerprint density at radius 3 is 1.21 bits per heavy atom. The van der Waals surface area contributed by atoms with E-state index < -0.39 is 21.8 Å². The van der Waals surface area contributed by atoms with E-state index in [1.54, 1.807) is 0 Å². The normalized spacial score (nSPS) is 22.3. The molecule has 0 aromatic heterocycles. The van der Waals surface area contributed by atoms with Gasteiger partial charge in [-0.1, -0.05) is 24.3 Å². The summed E-state index contributed by atoms with van der Waals surface area (Å²) in [4.78, 5) is 23.3. The Morgan fingerprint density at radius 1 is 0.643 bits per heavy atom. The molecule has 2 heterocycles. The van der Waals surface area contributed by atoms with Crippen molar-refractivity contribution in [2.75, 3.05) is 0 Å². The third kappa shape index (κ3) is 1.76. The van der Waals surface area contributed by atoms with Crippen LogP contribution < -0.4 is 0 Å². The maximum Gasteiger partial charge on any atom is 0.252 e. The van der Waals surface area contributed by atoms with Crippen LogP contribution in [-0.2, 0) is 9.59 Å². The summed E-state index contributed by atoms with van der Waals surface area (Å²) in [6.07, 6.45) is 7.30. The Balaban J connectivity index is 2.08. The Morgan fingerprint density at radius 2 is 0.929 bits per heavy atom. The van der Waals surface area contributed by atoms with Gasteiger partial charge >= 0.3 is 0 Å². The van der Waals surface area contributed by atoms with E-state index in [1.807, 2.05) is 45.9 Å². The van der Waals surface area contributed by atoms with E-state index in [0.717, 1.165) is 0 Å². The first-order chi connectivity index (χ1) is 6.79. The standard InChI is InChI=1S/C10H10O2S2/c11-9(13-5-1-2-6-13)10(12)14-7-3-4-8-14/h1-8,13-14H. The molecule has 2 nitrogen and oxygen atoms in total. The molecule has 0 radical (unpaired) electrons. The van der Waals surface area contributed by atoms with E-state index in [4.69, 9.17) is 0 Å². The number of hydrogen-bond acceptors (Lipinski definition) is 2. The highest BCUT2D eigenvalue weighted by atomic mass is 32.2. The molecular weight excluding hydrogens is 216 g/mol. The molecular formula is C10H10O2S2. The molecule has 0 unspecified atom stereocenters. The Bertz CT molecular complexity index is 329. The molecule has 2 rings (SSSR count). The van der Waals surface area contributed by atoms with Gasteiger partial charge in [0.25, 0.3) is 10.2 Å². The summed E-state index contributed by atoms with van der Waals surface area (Å²) in [6, 6.07) is 0. The van der Waals surface area contributed by atoms with Crippen LogP contribution in [0.1, 0.15) is 0 Å². The largest absolute Gasteiger partial charge is 0.278 e. The molecule has 0 N–H and O–H groups in total. The lowest BCUT2D eigenvalue weighted by Gasteiger charge is -2.11. The minimum Gasteiger partial charge on any atom is -0.278 e. The molecule has 2 aliphatic heterocycles. The summed E-state index contributed by atoms with van der Waals surface area (Å²) in [7, 11) is -1.93. The summed E-state index contributed by atoms with van der Waals surface area (Å²) < 4.78 is 0. The monoisotopic (exact) mass is 226 g/mol. The van der Waals surface area contributed by atoms with Crippen LogP contribution in [0.4, 0.5) is 0 Å². The van der Waals surface area contributed by atoms with E-state index in [9.17, 15) is 9.59 Å². The van der Waals surface area contributed by atoms with Crippen molar-refractivity contribution in [2.24, 2.45) is 0 Å². The second-order valence-electron chi connectivity index (χ2n) is 2.79. The SMILES string of the molecule is O=C(C(=O)[SH]1C=CC=C1)[SH]1C=CC=C1. The molecule has 0 spiro atoms. The van der Waals surface area contributed by atoms with Crippen molar-refractivity contribution < 1.29 is 9.59 Å². The van der Waals surface area contributed by atoms with Crippen molar-refractivity contribution in [1.82, 2.24) is 0 Å². The fraction of sp³-hybridized carbons (Fsp3) is 0. The van der Waals surface area contributed by atoms with Crippen molar-refractivity contribution >= 4 is 32.0 Å². The maximum atomic E-state index is 11.7. The smallest absolute Gasteiger partial charge is 0.252 e. The first-order valence-electron chi connectivity index (χ1n) is 4.14. The fourth-order valence-electron chi connectivity index (χ4n) is 1.16. The molecule has 0 bridgehead atoms. The Labute approximate surface area is 87.8 Å². The van der Waals surface area contributed by atoms with E-state index >= 15 is 0 Å². The van der Waals surface area contributed by atoms with Crippen LogP contribution >= 0.6 is 21.8 Å². The molecule has 0 aromatic carbocycles. The zero-order valence-corrected chi connectivity index (χ0v) is 9.12. The molecule has 0 atom stereocenters. The van der Waals surface area contributed by atoms with Gasteiger partial charge in [0.1, 0.15) is 0 Å². The van der Waals surface area contributed by atoms with E-state index in [0.29, 0.717) is 0 Å². The summed E-state index contributed by atoms with van der Waals surface area (Å²) in [5.41, 5.74) is 0. The average molecular weight is 226 g/mol. The predicted octanol–water partition coefficient (Wildman–Crippen LogP) is 2.12. The third-order valence-corrected chi connectivity index (χ3v) is 5.35. The molecule has 2 aliphatic rings. The van der Waals surface area contributed by atoms with Gasteiger partial charge in [0.15, 0.2) is 0 Å². The number of carbonyl (C=O) groups excluding carboxylic acids is 2. The summed E-state index contributed by atoms with van der Waals surface area (Å²) in [5.74, 6) is 0. The zero-order chi connectivity index (χ0) is 9.97. The van der Waals surface area contributed by atoms with Gasteiger partial charge in [-0.05, 0) is 21.6 Å². The zero-order valence-electron chi connectivity index (χ0n) is 7.33. The van der Waals surface area contributed by atoms with E-state index in [2.05, 4.69) is 0 Å². The Kier molecular flexibility index (Phi) is 2.74. The molecule has 4 heteroatoms. The minimum absolute atomic E-state index is 0.229. The second-order valence-corrected chi connectivity index (χ2v) is 6.42. The van der Waals surface area contributed by atoms with Gasteiger partial charge in [-0.15, -0.1) is 21.8 Å². The number of thiol groups is 2. The highest BCUT2D eigenvalue weighted by molar-refractivity contribution is 8.43. The summed E-state index contributed by atoms with van der Waals surface area (Å²) in [6.45, 7) is 0. The second kappa shape index (κ2) is 4.02. The quantitative estimate of drug-likeness (QED) is 0.490. The van der Waals surface area contributed by atoms with Crippen molar-refractivity contribution in [3.63, 3.8) is 0 Å². The predicted molar refractivity (Wildman–Crippen MR) is 64.5 cm³/mol. The summed E-state index contributed by atoms with van der Waals surface area (Å²) >= 11 is 0. The van der Waals surface area contributed by atoms with Crippen molar-refractivity contribution in [2.45, 2.75) is 0 Å². The minimum atomic E-state index is -0.963. The van der Waals surface area contributed by atoms with Gasteiger partial charge in [0.05, 0.1) is 0 Å². The van der Waals surface area contributed by atoms with E-state index in [-0.39, 0.29) is 10.2 Å². The maximum absolute atomic E-state index is 11.7. The van der Waals surface area contributed by atoms with Crippen LogP contribution in [0.2, 0.25) is 0 Å². The van der Waals surface area contributed by atoms with Crippen molar-refractivity contribution in [1.29, 1.82) is 0 Å². The molecule has 14 heavy (non-hydrogen) atoms. The lowest BCUT2D eigenvalue weighted by atomic mass is 10.6. The van der Waals surface area contributed by atoms with Gasteiger partial charge in [-0.3, -0.25) is 9.59 Å². The van der Waals surface area contributed by atoms with Crippen LogP contribution in [0.15, 0.2) is 45.9 Å². The van der Waals surface area contributed by atoms with Gasteiger partial charge in [0, 0.05) is 0 Å². The summed E-state index contributed by atoms with van der Waals surface area (Å²) in [5, 5.41) is 6.80. The topological polar surface area (TPSA) is 34.1 Å². The molecule has 0 saturated carbocycles. The molecule has 0 aliphatic carbocycles. The van der Waals surface area contributed by atoms with Crippen molar-refractivity contribution in [3.8, 4) is 0 Å². The van der Waals surface area contributed by atoms with Gasteiger partial charge in [-0.25, -0.2) is 0 Å². The molecule has 0 amide bonds. The van der Waals surface area contributed by atoms with Crippen LogP contribution in [0, 0.1) is 0 Å². The first-order valence-corrected chi connectivity index (χ1v) is 7.10. The lowest BCUT2D eigenvalue weighted by Crippen LogP contribution is -2.09. The van der Waals surface area contributed by atoms with Crippen LogP contribution in [0.3, 0.4) is 0 Å². The highest BCUT2D eigenvalue weighted by Crippen LogP contribution is 2.41. The van der Waals surface area contributed by atoms with Crippen molar-refractivity contribution in [3.05, 3.63) is 45.9 Å². The number of hydrogen-bond donors (Lipinski definition) is 2. The number of carbonyl (C=O) groups is 2. The molecule has 0 aromatic rings. The average Bonchev–Trinajstić information content (AvgIpc) is 2.87. The first kappa shape index (κ1) is 9.55. The van der Waals surface area contributed by atoms with Gasteiger partial charge in [0.2, 0.25) is 0 Å². The fourth-order valence-corrected chi connectivity index (χ4v) is 4.17. The highest BCUT2D eigenvalue weighted by Gasteiger charge is 2.23.